The van der Waals surface area contributed by atoms with Crippen molar-refractivity contribution in [2.45, 2.75) is 31.7 Å². The molecule has 0 spiro atoms. The van der Waals surface area contributed by atoms with Gasteiger partial charge < -0.3 is 25.2 Å². The number of hydrogen-bond donors (Lipinski definition) is 2. The molecule has 1 aromatic carbocycles. The Labute approximate surface area is 176 Å². The number of methoxy groups -OCH3 is 1. The van der Waals surface area contributed by atoms with Crippen LogP contribution in [0.2, 0.25) is 0 Å². The number of nitrogens with one attached hydrogen (secondary N) is 2. The summed E-state index contributed by atoms with van der Waals surface area (Å²) in [5, 5.41) is 5.88. The molecular formula is C22H27N5O3. The van der Waals surface area contributed by atoms with Crippen LogP contribution in [0.1, 0.15) is 25.7 Å². The maximum atomic E-state index is 13.0. The van der Waals surface area contributed by atoms with Crippen molar-refractivity contribution in [1.29, 1.82) is 0 Å². The van der Waals surface area contributed by atoms with Crippen LogP contribution >= 0.6 is 0 Å². The van der Waals surface area contributed by atoms with Gasteiger partial charge in [0.2, 0.25) is 5.91 Å². The van der Waals surface area contributed by atoms with Crippen LogP contribution in [0.3, 0.4) is 0 Å². The Kier molecular flexibility index (Phi) is 6.02. The zero-order chi connectivity index (χ0) is 20.9. The average Bonchev–Trinajstić information content (AvgIpc) is 3.47. The topological polar surface area (TPSA) is 86.8 Å². The van der Waals surface area contributed by atoms with Crippen molar-refractivity contribution in [1.82, 2.24) is 9.88 Å². The highest BCUT2D eigenvalue weighted by Gasteiger charge is 2.34. The normalized spacial score (nSPS) is 18.4. The molecule has 2 N–H and O–H groups in total. The Balaban J connectivity index is 1.43. The molecule has 1 atom stereocenters. The summed E-state index contributed by atoms with van der Waals surface area (Å²) in [5.41, 5.74) is 1.36. The number of likely N-dealkylation sites (tertiary alicyclic amines) is 1. The zero-order valence-corrected chi connectivity index (χ0v) is 17.1. The molecule has 0 aliphatic carbocycles. The summed E-state index contributed by atoms with van der Waals surface area (Å²) < 4.78 is 5.14. The average molecular weight is 409 g/mol. The molecule has 2 saturated heterocycles. The number of anilines is 3. The number of carbonyl (C=O) groups is 2. The van der Waals surface area contributed by atoms with E-state index >= 15 is 0 Å². The Morgan fingerprint density at radius 2 is 1.80 bits per heavy atom. The first-order valence-corrected chi connectivity index (χ1v) is 10.4. The van der Waals surface area contributed by atoms with Gasteiger partial charge in [0, 0.05) is 31.5 Å². The molecule has 2 aliphatic heterocycles. The Hall–Kier alpha value is -3.29. The largest absolute Gasteiger partial charge is 0.497 e. The third-order valence-corrected chi connectivity index (χ3v) is 5.61. The highest BCUT2D eigenvalue weighted by molar-refractivity contribution is 6.00. The van der Waals surface area contributed by atoms with E-state index in [1.165, 1.54) is 0 Å². The molecule has 3 heterocycles. The molecule has 8 nitrogen and oxygen atoms in total. The first-order valence-electron chi connectivity index (χ1n) is 10.4. The minimum atomic E-state index is -0.501. The van der Waals surface area contributed by atoms with Crippen molar-refractivity contribution in [3.05, 3.63) is 42.6 Å². The van der Waals surface area contributed by atoms with Crippen LogP contribution in [0.15, 0.2) is 42.6 Å². The molecule has 0 saturated carbocycles. The van der Waals surface area contributed by atoms with Crippen LogP contribution in [-0.2, 0) is 4.79 Å². The zero-order valence-electron chi connectivity index (χ0n) is 17.1. The number of aromatic nitrogens is 1. The third kappa shape index (κ3) is 4.32. The summed E-state index contributed by atoms with van der Waals surface area (Å²) in [7, 11) is 1.60. The lowest BCUT2D eigenvalue weighted by atomic mass is 10.2. The van der Waals surface area contributed by atoms with E-state index in [0.717, 1.165) is 43.9 Å². The van der Waals surface area contributed by atoms with Crippen molar-refractivity contribution >= 4 is 29.1 Å². The van der Waals surface area contributed by atoms with E-state index in [0.29, 0.717) is 24.3 Å². The van der Waals surface area contributed by atoms with E-state index in [2.05, 4.69) is 20.5 Å². The van der Waals surface area contributed by atoms with Gasteiger partial charge in [-0.2, -0.15) is 0 Å². The lowest BCUT2D eigenvalue weighted by molar-refractivity contribution is -0.119. The van der Waals surface area contributed by atoms with Crippen LogP contribution in [-0.4, -0.2) is 54.6 Å². The summed E-state index contributed by atoms with van der Waals surface area (Å²) in [6, 6.07) is 10.1. The van der Waals surface area contributed by atoms with E-state index in [4.69, 9.17) is 4.74 Å². The van der Waals surface area contributed by atoms with Crippen LogP contribution in [0.5, 0.6) is 5.75 Å². The van der Waals surface area contributed by atoms with E-state index in [-0.39, 0.29) is 11.9 Å². The molecule has 0 unspecified atom stereocenters. The molecule has 2 aliphatic rings. The molecule has 2 aromatic rings. The van der Waals surface area contributed by atoms with Gasteiger partial charge in [0.1, 0.15) is 11.8 Å². The number of carbonyl (C=O) groups excluding carboxylic acids is 2. The molecule has 158 valence electrons. The summed E-state index contributed by atoms with van der Waals surface area (Å²) in [6.45, 7) is 2.43. The van der Waals surface area contributed by atoms with Gasteiger partial charge in [-0.15, -0.1) is 0 Å². The van der Waals surface area contributed by atoms with Crippen molar-refractivity contribution in [3.8, 4) is 5.75 Å². The fourth-order valence-corrected chi connectivity index (χ4v) is 4.04. The van der Waals surface area contributed by atoms with Gasteiger partial charge in [0.25, 0.3) is 0 Å². The fraction of sp³-hybridized carbons (Fsp3) is 0.409. The molecule has 30 heavy (non-hydrogen) atoms. The smallest absolute Gasteiger partial charge is 0.322 e. The Morgan fingerprint density at radius 1 is 1.03 bits per heavy atom. The number of hydrogen-bond acceptors (Lipinski definition) is 5. The number of pyridine rings is 1. The van der Waals surface area contributed by atoms with Gasteiger partial charge in [-0.05, 0) is 62.1 Å². The molecule has 0 radical (unpaired) electrons. The standard InChI is InChI=1S/C22H27N5O3/c1-30-17-10-8-16(9-11-17)24-21(28)19-7-5-15-27(19)22(29)25-18-6-4-12-23-20(18)26-13-2-3-14-26/h4,6,8-12,19H,2-3,5,7,13-15H2,1H3,(H,24,28)(H,25,29)/t19-/m0/s1. The molecule has 1 aromatic heterocycles. The molecule has 2 fully saturated rings. The van der Waals surface area contributed by atoms with E-state index in [1.54, 1.807) is 42.5 Å². The van der Waals surface area contributed by atoms with Crippen molar-refractivity contribution in [2.24, 2.45) is 0 Å². The predicted octanol–water partition coefficient (Wildman–Crippen LogP) is 3.33. The number of benzene rings is 1. The van der Waals surface area contributed by atoms with Gasteiger partial charge >= 0.3 is 6.03 Å². The van der Waals surface area contributed by atoms with E-state index < -0.39 is 6.04 Å². The maximum absolute atomic E-state index is 13.0. The van der Waals surface area contributed by atoms with Gasteiger partial charge in [0.15, 0.2) is 5.82 Å². The molecule has 8 heteroatoms. The van der Waals surface area contributed by atoms with Gasteiger partial charge in [0.05, 0.1) is 12.8 Å². The molecule has 4 rings (SSSR count). The van der Waals surface area contributed by atoms with Gasteiger partial charge in [-0.25, -0.2) is 9.78 Å². The van der Waals surface area contributed by atoms with E-state index in [9.17, 15) is 9.59 Å². The monoisotopic (exact) mass is 409 g/mol. The SMILES string of the molecule is COc1ccc(NC(=O)[C@@H]2CCCN2C(=O)Nc2cccnc2N2CCCC2)cc1. The first-order chi connectivity index (χ1) is 14.7. The second-order valence-corrected chi connectivity index (χ2v) is 7.57. The van der Waals surface area contributed by atoms with Crippen molar-refractivity contribution < 1.29 is 14.3 Å². The minimum Gasteiger partial charge on any atom is -0.497 e. The molecule has 3 amide bonds. The second-order valence-electron chi connectivity index (χ2n) is 7.57. The summed E-state index contributed by atoms with van der Waals surface area (Å²) in [6.07, 6.45) is 5.43. The number of ether oxygens (including phenoxy) is 1. The van der Waals surface area contributed by atoms with Gasteiger partial charge in [-0.3, -0.25) is 4.79 Å². The lowest BCUT2D eigenvalue weighted by Crippen LogP contribution is -2.45. The molecule has 0 bridgehead atoms. The van der Waals surface area contributed by atoms with Crippen LogP contribution in [0.25, 0.3) is 0 Å². The number of nitrogens with zero attached hydrogens (tertiary/aromatic N) is 3. The van der Waals surface area contributed by atoms with Crippen LogP contribution < -0.4 is 20.3 Å². The predicted molar refractivity (Wildman–Crippen MR) is 116 cm³/mol. The first kappa shape index (κ1) is 20.0. The number of rotatable bonds is 5. The quantitative estimate of drug-likeness (QED) is 0.791. The number of urea groups is 1. The van der Waals surface area contributed by atoms with Crippen LogP contribution in [0.4, 0.5) is 22.0 Å². The van der Waals surface area contributed by atoms with Crippen molar-refractivity contribution in [3.63, 3.8) is 0 Å². The fourth-order valence-electron chi connectivity index (χ4n) is 4.04. The Morgan fingerprint density at radius 3 is 2.53 bits per heavy atom. The maximum Gasteiger partial charge on any atom is 0.322 e. The van der Waals surface area contributed by atoms with E-state index in [1.807, 2.05) is 12.1 Å². The highest BCUT2D eigenvalue weighted by Crippen LogP contribution is 2.28. The molecular weight excluding hydrogens is 382 g/mol. The third-order valence-electron chi connectivity index (χ3n) is 5.61. The summed E-state index contributed by atoms with van der Waals surface area (Å²) in [4.78, 5) is 34.1. The second kappa shape index (κ2) is 9.02. The summed E-state index contributed by atoms with van der Waals surface area (Å²) in [5.74, 6) is 1.33. The lowest BCUT2D eigenvalue weighted by Gasteiger charge is -2.26. The number of amides is 3. The van der Waals surface area contributed by atoms with Gasteiger partial charge in [-0.1, -0.05) is 0 Å². The minimum absolute atomic E-state index is 0.182. The highest BCUT2D eigenvalue weighted by atomic mass is 16.5. The Bertz CT molecular complexity index is 896. The van der Waals surface area contributed by atoms with Crippen molar-refractivity contribution in [2.75, 3.05) is 42.3 Å². The van der Waals surface area contributed by atoms with Crippen LogP contribution in [0, 0.1) is 0 Å². The summed E-state index contributed by atoms with van der Waals surface area (Å²) >= 11 is 0.